The molecule has 1 unspecified atom stereocenters. The zero-order chi connectivity index (χ0) is 13.8. The second kappa shape index (κ2) is 5.84. The minimum atomic E-state index is -0.248. The molecule has 0 aliphatic rings. The van der Waals surface area contributed by atoms with Crippen molar-refractivity contribution in [3.8, 4) is 0 Å². The molecule has 1 heterocycles. The minimum Gasteiger partial charge on any atom is -0.377 e. The largest absolute Gasteiger partial charge is 0.377 e. The average molecular weight is 262 g/mol. The van der Waals surface area contributed by atoms with Crippen LogP contribution in [-0.2, 0) is 0 Å². The Morgan fingerprint density at radius 1 is 1.32 bits per heavy atom. The third-order valence-corrected chi connectivity index (χ3v) is 2.97. The fourth-order valence-electron chi connectivity index (χ4n) is 1.84. The molecule has 0 saturated heterocycles. The maximum Gasteiger partial charge on any atom is 0.123 e. The summed E-state index contributed by atoms with van der Waals surface area (Å²) in [6, 6.07) is 6.53. The number of benzene rings is 1. The number of nitrogens with one attached hydrogen (secondary N) is 1. The van der Waals surface area contributed by atoms with E-state index >= 15 is 0 Å². The van der Waals surface area contributed by atoms with Gasteiger partial charge in [0.05, 0.1) is 12.2 Å². The van der Waals surface area contributed by atoms with E-state index in [1.165, 1.54) is 12.1 Å². The maximum atomic E-state index is 12.9. The summed E-state index contributed by atoms with van der Waals surface area (Å²) in [7, 11) is 0. The Hall–Kier alpha value is -1.88. The molecule has 0 fully saturated rings. The van der Waals surface area contributed by atoms with Crippen LogP contribution >= 0.6 is 0 Å². The summed E-state index contributed by atoms with van der Waals surface area (Å²) in [4.78, 5) is 0. The molecule has 0 aliphatic heterocycles. The molecule has 0 bridgehead atoms. The molecule has 5 heteroatoms. The number of aromatic nitrogens is 2. The second-order valence-corrected chi connectivity index (χ2v) is 4.79. The highest BCUT2D eigenvalue weighted by Gasteiger charge is 2.12. The molecule has 3 N–H and O–H groups in total. The summed E-state index contributed by atoms with van der Waals surface area (Å²) < 4.78 is 14.7. The second-order valence-electron chi connectivity index (χ2n) is 4.79. The number of hydrogen-bond donors (Lipinski definition) is 2. The van der Waals surface area contributed by atoms with Crippen molar-refractivity contribution in [2.24, 2.45) is 5.73 Å². The highest BCUT2D eigenvalue weighted by Crippen LogP contribution is 2.19. The zero-order valence-electron chi connectivity index (χ0n) is 11.2. The molecule has 0 saturated carbocycles. The van der Waals surface area contributed by atoms with Crippen LogP contribution in [0.25, 0.3) is 0 Å². The number of nitrogens with two attached hydrogens (primary N) is 1. The predicted octanol–water partition coefficient (Wildman–Crippen LogP) is 2.72. The standard InChI is InChI=1S/C14H19FN4/c1-10(2)19-9-11(8-17-19)14(7-16)18-13-5-3-12(15)4-6-13/h3-6,8-10,14,18H,7,16H2,1-2H3. The molecule has 19 heavy (non-hydrogen) atoms. The van der Waals surface area contributed by atoms with Crippen molar-refractivity contribution in [2.75, 3.05) is 11.9 Å². The van der Waals surface area contributed by atoms with Crippen molar-refractivity contribution in [2.45, 2.75) is 25.9 Å². The van der Waals surface area contributed by atoms with Gasteiger partial charge in [0.1, 0.15) is 5.82 Å². The molecule has 2 aromatic rings. The van der Waals surface area contributed by atoms with Gasteiger partial charge in [0.15, 0.2) is 0 Å². The van der Waals surface area contributed by atoms with Gasteiger partial charge in [-0.15, -0.1) is 0 Å². The van der Waals surface area contributed by atoms with E-state index in [1.807, 2.05) is 17.1 Å². The van der Waals surface area contributed by atoms with Gasteiger partial charge in [0.2, 0.25) is 0 Å². The number of hydrogen-bond acceptors (Lipinski definition) is 3. The number of halogens is 1. The van der Waals surface area contributed by atoms with Gasteiger partial charge < -0.3 is 11.1 Å². The molecule has 1 aromatic heterocycles. The normalized spacial score (nSPS) is 12.7. The molecule has 0 amide bonds. The van der Waals surface area contributed by atoms with Gasteiger partial charge in [-0.1, -0.05) is 0 Å². The van der Waals surface area contributed by atoms with E-state index in [2.05, 4.69) is 24.3 Å². The van der Waals surface area contributed by atoms with Crippen LogP contribution in [0.3, 0.4) is 0 Å². The number of anilines is 1. The van der Waals surface area contributed by atoms with Gasteiger partial charge in [-0.05, 0) is 38.1 Å². The van der Waals surface area contributed by atoms with Crippen molar-refractivity contribution < 1.29 is 4.39 Å². The van der Waals surface area contributed by atoms with Crippen LogP contribution in [0.1, 0.15) is 31.5 Å². The Labute approximate surface area is 112 Å². The quantitative estimate of drug-likeness (QED) is 0.871. The summed E-state index contributed by atoms with van der Waals surface area (Å²) in [5.41, 5.74) is 7.66. The Morgan fingerprint density at radius 2 is 2.00 bits per heavy atom. The van der Waals surface area contributed by atoms with E-state index in [4.69, 9.17) is 5.73 Å². The van der Waals surface area contributed by atoms with E-state index in [1.54, 1.807) is 12.1 Å². The molecule has 4 nitrogen and oxygen atoms in total. The van der Waals surface area contributed by atoms with Gasteiger partial charge >= 0.3 is 0 Å². The monoisotopic (exact) mass is 262 g/mol. The van der Waals surface area contributed by atoms with Gasteiger partial charge in [-0.2, -0.15) is 5.10 Å². The lowest BCUT2D eigenvalue weighted by Gasteiger charge is -2.16. The molecular weight excluding hydrogens is 243 g/mol. The van der Waals surface area contributed by atoms with E-state index in [9.17, 15) is 4.39 Å². The van der Waals surface area contributed by atoms with Crippen LogP contribution < -0.4 is 11.1 Å². The molecular formula is C14H19FN4. The summed E-state index contributed by atoms with van der Waals surface area (Å²) in [6.07, 6.45) is 3.80. The topological polar surface area (TPSA) is 55.9 Å². The van der Waals surface area contributed by atoms with Crippen LogP contribution in [-0.4, -0.2) is 16.3 Å². The van der Waals surface area contributed by atoms with Gasteiger partial charge in [-0.3, -0.25) is 4.68 Å². The van der Waals surface area contributed by atoms with Crippen LogP contribution in [0.4, 0.5) is 10.1 Å². The van der Waals surface area contributed by atoms with Crippen LogP contribution in [0.5, 0.6) is 0 Å². The molecule has 0 aliphatic carbocycles. The molecule has 1 aromatic carbocycles. The van der Waals surface area contributed by atoms with E-state index < -0.39 is 0 Å². The van der Waals surface area contributed by atoms with E-state index in [0.29, 0.717) is 12.6 Å². The Bertz CT molecular complexity index is 518. The first kappa shape index (κ1) is 13.5. The Kier molecular flexibility index (Phi) is 4.16. The first-order valence-electron chi connectivity index (χ1n) is 6.36. The smallest absolute Gasteiger partial charge is 0.123 e. The fourth-order valence-corrected chi connectivity index (χ4v) is 1.84. The fraction of sp³-hybridized carbons (Fsp3) is 0.357. The first-order valence-corrected chi connectivity index (χ1v) is 6.36. The van der Waals surface area contributed by atoms with Crippen LogP contribution in [0, 0.1) is 5.82 Å². The van der Waals surface area contributed by atoms with Crippen LogP contribution in [0.2, 0.25) is 0 Å². The van der Waals surface area contributed by atoms with Crippen molar-refractivity contribution in [3.05, 3.63) is 48.0 Å². The predicted molar refractivity (Wildman–Crippen MR) is 74.4 cm³/mol. The van der Waals surface area contributed by atoms with Gasteiger partial charge in [0, 0.05) is 30.0 Å². The van der Waals surface area contributed by atoms with Crippen LogP contribution in [0.15, 0.2) is 36.7 Å². The summed E-state index contributed by atoms with van der Waals surface area (Å²) in [5.74, 6) is -0.248. The summed E-state index contributed by atoms with van der Waals surface area (Å²) in [6.45, 7) is 4.59. The third kappa shape index (κ3) is 3.32. The third-order valence-electron chi connectivity index (χ3n) is 2.97. The van der Waals surface area contributed by atoms with Gasteiger partial charge in [-0.25, -0.2) is 4.39 Å². The minimum absolute atomic E-state index is 0.0297. The molecule has 2 rings (SSSR count). The average Bonchev–Trinajstić information content (AvgIpc) is 2.88. The molecule has 1 atom stereocenters. The lowest BCUT2D eigenvalue weighted by atomic mass is 10.1. The number of rotatable bonds is 5. The highest BCUT2D eigenvalue weighted by molar-refractivity contribution is 5.45. The van der Waals surface area contributed by atoms with Crippen molar-refractivity contribution in [3.63, 3.8) is 0 Å². The van der Waals surface area contributed by atoms with E-state index in [-0.39, 0.29) is 11.9 Å². The number of nitrogens with zero attached hydrogens (tertiary/aromatic N) is 2. The molecule has 0 spiro atoms. The SMILES string of the molecule is CC(C)n1cc(C(CN)Nc2ccc(F)cc2)cn1. The Morgan fingerprint density at radius 3 is 2.53 bits per heavy atom. The van der Waals surface area contributed by atoms with Gasteiger partial charge in [0.25, 0.3) is 0 Å². The summed E-state index contributed by atoms with van der Waals surface area (Å²) >= 11 is 0. The molecule has 102 valence electrons. The molecule has 0 radical (unpaired) electrons. The summed E-state index contributed by atoms with van der Waals surface area (Å²) in [5, 5.41) is 7.58. The Balaban J connectivity index is 2.12. The van der Waals surface area contributed by atoms with Crippen molar-refractivity contribution >= 4 is 5.69 Å². The van der Waals surface area contributed by atoms with Crippen molar-refractivity contribution in [1.82, 2.24) is 9.78 Å². The lowest BCUT2D eigenvalue weighted by molar-refractivity contribution is 0.531. The first-order chi connectivity index (χ1) is 9.10. The van der Waals surface area contributed by atoms with E-state index in [0.717, 1.165) is 11.3 Å². The highest BCUT2D eigenvalue weighted by atomic mass is 19.1. The van der Waals surface area contributed by atoms with Crippen molar-refractivity contribution in [1.29, 1.82) is 0 Å². The maximum absolute atomic E-state index is 12.9. The lowest BCUT2D eigenvalue weighted by Crippen LogP contribution is -2.20. The zero-order valence-corrected chi connectivity index (χ0v) is 11.2.